The van der Waals surface area contributed by atoms with Gasteiger partial charge in [-0.3, -0.25) is 0 Å². The van der Waals surface area contributed by atoms with Crippen LogP contribution in [0, 0.1) is 0 Å². The largest absolute Gasteiger partial charge is 0.383 e. The predicted octanol–water partition coefficient (Wildman–Crippen LogP) is 0.889. The minimum absolute atomic E-state index is 0.147. The minimum Gasteiger partial charge on any atom is -0.383 e. The zero-order valence-electron chi connectivity index (χ0n) is 11.6. The van der Waals surface area contributed by atoms with Crippen molar-refractivity contribution in [2.75, 3.05) is 13.7 Å². The maximum Gasteiger partial charge on any atom is 0.241 e. The quantitative estimate of drug-likeness (QED) is 0.780. The first-order valence-electron chi connectivity index (χ1n) is 6.21. The van der Waals surface area contributed by atoms with Crippen LogP contribution >= 0.6 is 0 Å². The van der Waals surface area contributed by atoms with Crippen molar-refractivity contribution in [3.05, 3.63) is 29.8 Å². The van der Waals surface area contributed by atoms with Gasteiger partial charge in [0.2, 0.25) is 10.0 Å². The number of ether oxygens (including phenoxy) is 1. The van der Waals surface area contributed by atoms with E-state index in [1.807, 2.05) is 6.07 Å². The third kappa shape index (κ3) is 4.91. The molecule has 0 aliphatic carbocycles. The van der Waals surface area contributed by atoms with Gasteiger partial charge in [-0.25, -0.2) is 13.1 Å². The Morgan fingerprint density at radius 2 is 1.95 bits per heavy atom. The van der Waals surface area contributed by atoms with Crippen LogP contribution in [0.15, 0.2) is 29.2 Å². The van der Waals surface area contributed by atoms with Crippen LogP contribution in [0.5, 0.6) is 0 Å². The van der Waals surface area contributed by atoms with Crippen LogP contribution in [0.25, 0.3) is 0 Å². The van der Waals surface area contributed by atoms with Crippen molar-refractivity contribution in [1.82, 2.24) is 4.72 Å². The molecule has 5 nitrogen and oxygen atoms in total. The van der Waals surface area contributed by atoms with Gasteiger partial charge in [-0.15, -0.1) is 0 Å². The van der Waals surface area contributed by atoms with E-state index in [0.717, 1.165) is 0 Å². The Hall–Kier alpha value is -0.950. The van der Waals surface area contributed by atoms with Crippen molar-refractivity contribution < 1.29 is 13.2 Å². The van der Waals surface area contributed by atoms with Crippen LogP contribution < -0.4 is 10.5 Å². The lowest BCUT2D eigenvalue weighted by molar-refractivity contribution is 0.180. The average molecular weight is 286 g/mol. The lowest BCUT2D eigenvalue weighted by Gasteiger charge is -2.16. The Bertz CT molecular complexity index is 500. The van der Waals surface area contributed by atoms with Crippen molar-refractivity contribution in [1.29, 1.82) is 0 Å². The monoisotopic (exact) mass is 286 g/mol. The van der Waals surface area contributed by atoms with Gasteiger partial charge in [-0.05, 0) is 31.9 Å². The Morgan fingerprint density at radius 1 is 1.32 bits per heavy atom. The number of benzene rings is 1. The summed E-state index contributed by atoms with van der Waals surface area (Å²) in [6.07, 6.45) is 0.461. The molecule has 0 bridgehead atoms. The number of nitrogens with one attached hydrogen (secondary N) is 1. The Morgan fingerprint density at radius 3 is 2.53 bits per heavy atom. The predicted molar refractivity (Wildman–Crippen MR) is 75.5 cm³/mol. The Labute approximate surface area is 115 Å². The fourth-order valence-corrected chi connectivity index (χ4v) is 3.37. The summed E-state index contributed by atoms with van der Waals surface area (Å²) in [5.74, 6) is 0. The molecule has 0 amide bonds. The fraction of sp³-hybridized carbons (Fsp3) is 0.538. The van der Waals surface area contributed by atoms with Gasteiger partial charge in [-0.1, -0.05) is 18.2 Å². The van der Waals surface area contributed by atoms with Crippen LogP contribution in [0.3, 0.4) is 0 Å². The van der Waals surface area contributed by atoms with Gasteiger partial charge in [0, 0.05) is 19.2 Å². The molecule has 0 saturated heterocycles. The van der Waals surface area contributed by atoms with E-state index in [1.54, 1.807) is 39.2 Å². The molecule has 0 aliphatic heterocycles. The molecule has 1 unspecified atom stereocenters. The Kier molecular flexibility index (Phi) is 5.93. The van der Waals surface area contributed by atoms with E-state index < -0.39 is 10.0 Å². The van der Waals surface area contributed by atoms with Gasteiger partial charge < -0.3 is 10.5 Å². The molecule has 1 atom stereocenters. The van der Waals surface area contributed by atoms with Gasteiger partial charge in [0.25, 0.3) is 0 Å². The molecule has 108 valence electrons. The zero-order valence-corrected chi connectivity index (χ0v) is 12.4. The van der Waals surface area contributed by atoms with E-state index in [2.05, 4.69) is 4.72 Å². The summed E-state index contributed by atoms with van der Waals surface area (Å²) in [5, 5.41) is 0. The first kappa shape index (κ1) is 16.1. The lowest BCUT2D eigenvalue weighted by atomic mass is 10.1. The highest BCUT2D eigenvalue weighted by Gasteiger charge is 2.20. The molecule has 6 heteroatoms. The fourth-order valence-electron chi connectivity index (χ4n) is 1.86. The van der Waals surface area contributed by atoms with Gasteiger partial charge in [0.05, 0.1) is 11.5 Å². The molecule has 19 heavy (non-hydrogen) atoms. The molecule has 0 spiro atoms. The highest BCUT2D eigenvalue weighted by Crippen LogP contribution is 2.17. The van der Waals surface area contributed by atoms with Crippen LogP contribution in [0.4, 0.5) is 0 Å². The van der Waals surface area contributed by atoms with Gasteiger partial charge in [0.15, 0.2) is 0 Å². The summed E-state index contributed by atoms with van der Waals surface area (Å²) in [4.78, 5) is 0.287. The summed E-state index contributed by atoms with van der Waals surface area (Å²) in [5.41, 5.74) is 6.60. The molecule has 1 aromatic rings. The number of nitrogens with two attached hydrogens (primary N) is 1. The van der Waals surface area contributed by atoms with Gasteiger partial charge in [-0.2, -0.15) is 0 Å². The number of rotatable bonds is 7. The van der Waals surface area contributed by atoms with Crippen molar-refractivity contribution >= 4 is 10.0 Å². The second kappa shape index (κ2) is 7.00. The second-order valence-corrected chi connectivity index (χ2v) is 6.49. The van der Waals surface area contributed by atoms with Crippen LogP contribution in [0.1, 0.15) is 19.4 Å². The van der Waals surface area contributed by atoms with Crippen molar-refractivity contribution in [3.8, 4) is 0 Å². The van der Waals surface area contributed by atoms with E-state index in [4.69, 9.17) is 10.5 Å². The highest BCUT2D eigenvalue weighted by molar-refractivity contribution is 7.89. The molecule has 0 heterocycles. The first-order valence-corrected chi connectivity index (χ1v) is 7.70. The normalized spacial score (nSPS) is 13.7. The molecule has 0 aromatic heterocycles. The molecule has 1 aromatic carbocycles. The number of hydrogen-bond donors (Lipinski definition) is 2. The molecule has 0 fully saturated rings. The summed E-state index contributed by atoms with van der Waals surface area (Å²) in [6.45, 7) is 3.97. The molecule has 0 aliphatic rings. The summed E-state index contributed by atoms with van der Waals surface area (Å²) in [6, 6.07) is 6.53. The third-order valence-corrected chi connectivity index (χ3v) is 4.27. The maximum absolute atomic E-state index is 12.2. The lowest BCUT2D eigenvalue weighted by Crippen LogP contribution is -2.32. The van der Waals surface area contributed by atoms with Crippen LogP contribution in [0.2, 0.25) is 0 Å². The van der Waals surface area contributed by atoms with Crippen LogP contribution in [-0.2, 0) is 21.2 Å². The summed E-state index contributed by atoms with van der Waals surface area (Å²) in [7, 11) is -1.92. The smallest absolute Gasteiger partial charge is 0.241 e. The molecule has 0 saturated carbocycles. The molecule has 1 rings (SSSR count). The SMILES string of the molecule is COCC(N)Cc1ccccc1S(=O)(=O)NC(C)C. The van der Waals surface area contributed by atoms with E-state index in [-0.39, 0.29) is 17.0 Å². The molecule has 3 N–H and O–H groups in total. The van der Waals surface area contributed by atoms with Gasteiger partial charge >= 0.3 is 0 Å². The molecular formula is C13H22N2O3S. The summed E-state index contributed by atoms with van der Waals surface area (Å²) < 4.78 is 32.0. The molecule has 0 radical (unpaired) electrons. The van der Waals surface area contributed by atoms with Crippen molar-refractivity contribution in [3.63, 3.8) is 0 Å². The first-order chi connectivity index (χ1) is 8.86. The third-order valence-electron chi connectivity index (χ3n) is 2.52. The van der Waals surface area contributed by atoms with E-state index in [9.17, 15) is 8.42 Å². The summed E-state index contributed by atoms with van der Waals surface area (Å²) >= 11 is 0. The Balaban J connectivity index is 3.02. The standard InChI is InChI=1S/C13H22N2O3S/c1-10(2)15-19(16,17)13-7-5-4-6-11(13)8-12(14)9-18-3/h4-7,10,12,15H,8-9,14H2,1-3H3. The minimum atomic E-state index is -3.50. The van der Waals surface area contributed by atoms with E-state index in [1.165, 1.54) is 0 Å². The van der Waals surface area contributed by atoms with Crippen LogP contribution in [-0.4, -0.2) is 34.2 Å². The maximum atomic E-state index is 12.2. The topological polar surface area (TPSA) is 81.4 Å². The van der Waals surface area contributed by atoms with Gasteiger partial charge in [0.1, 0.15) is 0 Å². The van der Waals surface area contributed by atoms with E-state index in [0.29, 0.717) is 18.6 Å². The van der Waals surface area contributed by atoms with E-state index >= 15 is 0 Å². The number of sulfonamides is 1. The zero-order chi connectivity index (χ0) is 14.5. The second-order valence-electron chi connectivity index (χ2n) is 4.80. The number of hydrogen-bond acceptors (Lipinski definition) is 4. The average Bonchev–Trinajstić information content (AvgIpc) is 2.28. The number of methoxy groups -OCH3 is 1. The molecular weight excluding hydrogens is 264 g/mol. The highest BCUT2D eigenvalue weighted by atomic mass is 32.2. The van der Waals surface area contributed by atoms with Crippen molar-refractivity contribution in [2.45, 2.75) is 37.2 Å². The van der Waals surface area contributed by atoms with Crippen molar-refractivity contribution in [2.24, 2.45) is 5.73 Å².